The molecule has 0 saturated carbocycles. The van der Waals surface area contributed by atoms with Gasteiger partial charge in [-0.1, -0.05) is 32.9 Å². The lowest BCUT2D eigenvalue weighted by Crippen LogP contribution is -2.22. The first-order valence-electron chi connectivity index (χ1n) is 9.97. The number of nitrogens with zero attached hydrogens (tertiary/aromatic N) is 3. The van der Waals surface area contributed by atoms with Crippen molar-refractivity contribution in [3.63, 3.8) is 0 Å². The van der Waals surface area contributed by atoms with Gasteiger partial charge in [-0.15, -0.1) is 11.8 Å². The highest BCUT2D eigenvalue weighted by atomic mass is 32.2. The first-order chi connectivity index (χ1) is 13.0. The maximum absolute atomic E-state index is 5.80. The Kier molecular flexibility index (Phi) is 8.92. The zero-order valence-corrected chi connectivity index (χ0v) is 18.1. The summed E-state index contributed by atoms with van der Waals surface area (Å²) in [6, 6.07) is 10.4. The summed E-state index contributed by atoms with van der Waals surface area (Å²) in [5.74, 6) is 3.88. The summed E-state index contributed by atoms with van der Waals surface area (Å²) in [5.41, 5.74) is 1.24. The first kappa shape index (κ1) is 21.5. The highest BCUT2D eigenvalue weighted by molar-refractivity contribution is 7.99. The number of hydrogen-bond donors (Lipinski definition) is 0. The summed E-state index contributed by atoms with van der Waals surface area (Å²) in [6.07, 6.45) is 2.92. The standard InChI is InChI=1S/C22H33N3OS/c1-6-25(7-2)20-9-8-10-22(24-20)27-16-18(5)13-14-26-21-12-11-19(15-23-21)17(3)4/h8-12,15,17-18H,6-7,13-14,16H2,1-5H3. The molecule has 1 atom stereocenters. The van der Waals surface area contributed by atoms with E-state index in [1.807, 2.05) is 24.0 Å². The van der Waals surface area contributed by atoms with Crippen molar-refractivity contribution < 1.29 is 4.74 Å². The quantitative estimate of drug-likeness (QED) is 0.466. The van der Waals surface area contributed by atoms with Gasteiger partial charge >= 0.3 is 0 Å². The molecule has 0 bridgehead atoms. The van der Waals surface area contributed by atoms with Crippen LogP contribution in [0.15, 0.2) is 41.6 Å². The van der Waals surface area contributed by atoms with Gasteiger partial charge in [0, 0.05) is 31.1 Å². The Balaban J connectivity index is 1.74. The summed E-state index contributed by atoms with van der Waals surface area (Å²) in [5, 5.41) is 1.10. The number of hydrogen-bond acceptors (Lipinski definition) is 5. The lowest BCUT2D eigenvalue weighted by molar-refractivity contribution is 0.280. The Morgan fingerprint density at radius 3 is 2.48 bits per heavy atom. The van der Waals surface area contributed by atoms with Gasteiger partial charge in [0.25, 0.3) is 0 Å². The zero-order valence-electron chi connectivity index (χ0n) is 17.3. The van der Waals surface area contributed by atoms with Gasteiger partial charge < -0.3 is 9.64 Å². The van der Waals surface area contributed by atoms with E-state index < -0.39 is 0 Å². The van der Waals surface area contributed by atoms with Crippen molar-refractivity contribution in [1.82, 2.24) is 9.97 Å². The average Bonchev–Trinajstić information content (AvgIpc) is 2.68. The topological polar surface area (TPSA) is 38.2 Å². The molecular formula is C22H33N3OS. The molecule has 0 saturated heterocycles. The highest BCUT2D eigenvalue weighted by Crippen LogP contribution is 2.23. The number of pyridine rings is 2. The fraction of sp³-hybridized carbons (Fsp3) is 0.545. The smallest absolute Gasteiger partial charge is 0.213 e. The molecule has 4 nitrogen and oxygen atoms in total. The molecule has 2 heterocycles. The molecular weight excluding hydrogens is 354 g/mol. The molecule has 0 amide bonds. The maximum Gasteiger partial charge on any atom is 0.213 e. The van der Waals surface area contributed by atoms with E-state index in [1.165, 1.54) is 5.56 Å². The van der Waals surface area contributed by atoms with Crippen LogP contribution in [0.25, 0.3) is 0 Å². The number of ether oxygens (including phenoxy) is 1. The second kappa shape index (κ2) is 11.2. The van der Waals surface area contributed by atoms with Crippen molar-refractivity contribution in [1.29, 1.82) is 0 Å². The van der Waals surface area contributed by atoms with E-state index in [1.54, 1.807) is 0 Å². The van der Waals surface area contributed by atoms with Crippen molar-refractivity contribution in [2.45, 2.75) is 52.0 Å². The molecule has 0 fully saturated rings. The van der Waals surface area contributed by atoms with Crippen molar-refractivity contribution >= 4 is 17.6 Å². The predicted molar refractivity (Wildman–Crippen MR) is 116 cm³/mol. The van der Waals surface area contributed by atoms with Crippen LogP contribution in [-0.2, 0) is 0 Å². The van der Waals surface area contributed by atoms with Gasteiger partial charge in [0.05, 0.1) is 11.6 Å². The second-order valence-electron chi connectivity index (χ2n) is 7.14. The van der Waals surface area contributed by atoms with Crippen LogP contribution in [0.4, 0.5) is 5.82 Å². The van der Waals surface area contributed by atoms with Crippen molar-refractivity contribution in [3.05, 3.63) is 42.1 Å². The Hall–Kier alpha value is -1.75. The summed E-state index contributed by atoms with van der Waals surface area (Å²) < 4.78 is 5.80. The van der Waals surface area contributed by atoms with Crippen LogP contribution in [0.3, 0.4) is 0 Å². The van der Waals surface area contributed by atoms with Gasteiger partial charge in [0.2, 0.25) is 5.88 Å². The number of thioether (sulfide) groups is 1. The monoisotopic (exact) mass is 387 g/mol. The van der Waals surface area contributed by atoms with Crippen LogP contribution in [0, 0.1) is 5.92 Å². The minimum absolute atomic E-state index is 0.498. The number of aromatic nitrogens is 2. The molecule has 5 heteroatoms. The molecule has 0 spiro atoms. The predicted octanol–water partition coefficient (Wildman–Crippen LogP) is 5.64. The molecule has 2 aromatic heterocycles. The van der Waals surface area contributed by atoms with E-state index in [4.69, 9.17) is 9.72 Å². The van der Waals surface area contributed by atoms with Gasteiger partial charge in [-0.2, -0.15) is 0 Å². The molecule has 0 aliphatic carbocycles. The minimum atomic E-state index is 0.498. The van der Waals surface area contributed by atoms with E-state index in [2.05, 4.69) is 68.8 Å². The fourth-order valence-corrected chi connectivity index (χ4v) is 3.66. The molecule has 0 radical (unpaired) electrons. The molecule has 2 aromatic rings. The Labute approximate surface area is 168 Å². The summed E-state index contributed by atoms with van der Waals surface area (Å²) in [6.45, 7) is 13.6. The summed E-state index contributed by atoms with van der Waals surface area (Å²) >= 11 is 1.82. The number of rotatable bonds is 11. The van der Waals surface area contributed by atoms with Gasteiger partial charge in [-0.25, -0.2) is 9.97 Å². The number of anilines is 1. The van der Waals surface area contributed by atoms with Crippen LogP contribution < -0.4 is 9.64 Å². The summed E-state index contributed by atoms with van der Waals surface area (Å²) in [4.78, 5) is 11.5. The van der Waals surface area contributed by atoms with E-state index in [0.717, 1.165) is 36.1 Å². The first-order valence-corrected chi connectivity index (χ1v) is 11.0. The van der Waals surface area contributed by atoms with Crippen molar-refractivity contribution in [2.75, 3.05) is 30.3 Å². The van der Waals surface area contributed by atoms with Gasteiger partial charge in [0.1, 0.15) is 5.82 Å². The van der Waals surface area contributed by atoms with Crippen LogP contribution in [0.5, 0.6) is 5.88 Å². The normalized spacial score (nSPS) is 12.2. The summed E-state index contributed by atoms with van der Waals surface area (Å²) in [7, 11) is 0. The Morgan fingerprint density at radius 1 is 1.07 bits per heavy atom. The van der Waals surface area contributed by atoms with E-state index in [9.17, 15) is 0 Å². The second-order valence-corrected chi connectivity index (χ2v) is 8.18. The largest absolute Gasteiger partial charge is 0.478 e. The zero-order chi connectivity index (χ0) is 19.6. The lowest BCUT2D eigenvalue weighted by Gasteiger charge is -2.20. The molecule has 148 valence electrons. The van der Waals surface area contributed by atoms with Crippen LogP contribution in [0.2, 0.25) is 0 Å². The lowest BCUT2D eigenvalue weighted by atomic mass is 10.1. The SMILES string of the molecule is CCN(CC)c1cccc(SCC(C)CCOc2ccc(C(C)C)cn2)n1. The van der Waals surface area contributed by atoms with Crippen LogP contribution in [0.1, 0.15) is 52.5 Å². The minimum Gasteiger partial charge on any atom is -0.478 e. The third-order valence-corrected chi connectivity index (χ3v) is 5.86. The van der Waals surface area contributed by atoms with E-state index in [-0.39, 0.29) is 0 Å². The van der Waals surface area contributed by atoms with Crippen molar-refractivity contribution in [2.24, 2.45) is 5.92 Å². The van der Waals surface area contributed by atoms with Crippen molar-refractivity contribution in [3.8, 4) is 5.88 Å². The fourth-order valence-electron chi connectivity index (χ4n) is 2.70. The van der Waals surface area contributed by atoms with E-state index >= 15 is 0 Å². The molecule has 0 aliphatic rings. The highest BCUT2D eigenvalue weighted by Gasteiger charge is 2.08. The molecule has 0 N–H and O–H groups in total. The Morgan fingerprint density at radius 2 is 1.85 bits per heavy atom. The molecule has 27 heavy (non-hydrogen) atoms. The third-order valence-electron chi connectivity index (χ3n) is 4.60. The van der Waals surface area contributed by atoms with Gasteiger partial charge in [0.15, 0.2) is 0 Å². The molecule has 1 unspecified atom stereocenters. The molecule has 0 aliphatic heterocycles. The van der Waals surface area contributed by atoms with E-state index in [0.29, 0.717) is 24.3 Å². The van der Waals surface area contributed by atoms with Gasteiger partial charge in [-0.05, 0) is 49.8 Å². The van der Waals surface area contributed by atoms with Gasteiger partial charge in [-0.3, -0.25) is 0 Å². The molecule has 2 rings (SSSR count). The maximum atomic E-state index is 5.80. The van der Waals surface area contributed by atoms with Crippen LogP contribution >= 0.6 is 11.8 Å². The third kappa shape index (κ3) is 7.06. The van der Waals surface area contributed by atoms with Crippen LogP contribution in [-0.4, -0.2) is 35.4 Å². The Bertz CT molecular complexity index is 672. The average molecular weight is 388 g/mol. The molecule has 0 aromatic carbocycles.